The molecular formula is C19H19N. The van der Waals surface area contributed by atoms with Crippen molar-refractivity contribution >= 4 is 10.8 Å². The number of hydrogen-bond acceptors (Lipinski definition) is 1. The number of rotatable bonds is 2. The topological polar surface area (TPSA) is 26.0 Å². The SMILES string of the molecule is Cc1ccc2ccccc2c1-c1ccccc1C(C)N. The molecule has 3 aromatic rings. The highest BCUT2D eigenvalue weighted by Crippen LogP contribution is 2.35. The lowest BCUT2D eigenvalue weighted by molar-refractivity contribution is 0.820. The summed E-state index contributed by atoms with van der Waals surface area (Å²) in [6.07, 6.45) is 0. The summed E-state index contributed by atoms with van der Waals surface area (Å²) in [6.45, 7) is 4.21. The fourth-order valence-corrected chi connectivity index (χ4v) is 2.86. The van der Waals surface area contributed by atoms with Crippen molar-refractivity contribution in [3.63, 3.8) is 0 Å². The molecule has 1 atom stereocenters. The van der Waals surface area contributed by atoms with Crippen molar-refractivity contribution in [2.24, 2.45) is 5.73 Å². The number of fused-ring (bicyclic) bond motifs is 1. The molecule has 0 aliphatic heterocycles. The molecule has 2 N–H and O–H groups in total. The van der Waals surface area contributed by atoms with Crippen molar-refractivity contribution in [1.82, 2.24) is 0 Å². The van der Waals surface area contributed by atoms with Gasteiger partial charge in [-0.05, 0) is 46.9 Å². The average Bonchev–Trinajstić information content (AvgIpc) is 2.47. The van der Waals surface area contributed by atoms with E-state index in [0.717, 1.165) is 0 Å². The van der Waals surface area contributed by atoms with Crippen LogP contribution < -0.4 is 5.73 Å². The first-order valence-corrected chi connectivity index (χ1v) is 7.01. The molecule has 0 saturated heterocycles. The second kappa shape index (κ2) is 5.10. The molecule has 20 heavy (non-hydrogen) atoms. The van der Waals surface area contributed by atoms with Crippen molar-refractivity contribution in [1.29, 1.82) is 0 Å². The molecule has 0 saturated carbocycles. The van der Waals surface area contributed by atoms with Crippen LogP contribution in [0, 0.1) is 6.92 Å². The van der Waals surface area contributed by atoms with Gasteiger partial charge in [0, 0.05) is 6.04 Å². The molecule has 0 aromatic heterocycles. The second-order valence-electron chi connectivity index (χ2n) is 5.35. The third-order valence-electron chi connectivity index (χ3n) is 3.86. The van der Waals surface area contributed by atoms with Crippen LogP contribution in [0.2, 0.25) is 0 Å². The standard InChI is InChI=1S/C19H19N/c1-13-11-12-15-7-3-4-9-17(15)19(13)18-10-6-5-8-16(18)14(2)20/h3-12,14H,20H2,1-2H3. The van der Waals surface area contributed by atoms with Gasteiger partial charge in [-0.1, -0.05) is 60.7 Å². The predicted molar refractivity (Wildman–Crippen MR) is 86.7 cm³/mol. The maximum atomic E-state index is 6.15. The Morgan fingerprint density at radius 2 is 1.55 bits per heavy atom. The van der Waals surface area contributed by atoms with E-state index in [0.29, 0.717) is 0 Å². The predicted octanol–water partition coefficient (Wildman–Crippen LogP) is 4.83. The molecule has 0 aliphatic rings. The first-order valence-electron chi connectivity index (χ1n) is 7.01. The molecule has 0 spiro atoms. The van der Waals surface area contributed by atoms with Crippen LogP contribution in [0.4, 0.5) is 0 Å². The molecule has 0 radical (unpaired) electrons. The van der Waals surface area contributed by atoms with Crippen LogP contribution in [-0.2, 0) is 0 Å². The molecule has 0 heterocycles. The van der Waals surface area contributed by atoms with Gasteiger partial charge in [-0.25, -0.2) is 0 Å². The summed E-state index contributed by atoms with van der Waals surface area (Å²) in [4.78, 5) is 0. The number of nitrogens with two attached hydrogens (primary N) is 1. The minimum atomic E-state index is 0.0320. The van der Waals surface area contributed by atoms with Crippen LogP contribution in [0.15, 0.2) is 60.7 Å². The highest BCUT2D eigenvalue weighted by Gasteiger charge is 2.12. The number of benzene rings is 3. The zero-order chi connectivity index (χ0) is 14.1. The number of aryl methyl sites for hydroxylation is 1. The molecule has 1 unspecified atom stereocenters. The molecule has 3 rings (SSSR count). The fraction of sp³-hybridized carbons (Fsp3) is 0.158. The second-order valence-corrected chi connectivity index (χ2v) is 5.35. The molecule has 0 fully saturated rings. The summed E-state index contributed by atoms with van der Waals surface area (Å²) in [6, 6.07) is 21.4. The van der Waals surface area contributed by atoms with E-state index in [1.54, 1.807) is 0 Å². The summed E-state index contributed by atoms with van der Waals surface area (Å²) >= 11 is 0. The van der Waals surface area contributed by atoms with Gasteiger partial charge in [0.1, 0.15) is 0 Å². The fourth-order valence-electron chi connectivity index (χ4n) is 2.86. The lowest BCUT2D eigenvalue weighted by Crippen LogP contribution is -2.06. The first kappa shape index (κ1) is 12.9. The van der Waals surface area contributed by atoms with E-state index in [1.807, 2.05) is 6.92 Å². The molecule has 3 aromatic carbocycles. The van der Waals surface area contributed by atoms with Crippen molar-refractivity contribution in [2.45, 2.75) is 19.9 Å². The van der Waals surface area contributed by atoms with Gasteiger partial charge in [0.05, 0.1) is 0 Å². The summed E-state index contributed by atoms with van der Waals surface area (Å²) < 4.78 is 0. The molecule has 0 aliphatic carbocycles. The molecule has 100 valence electrons. The third kappa shape index (κ3) is 2.10. The molecular weight excluding hydrogens is 242 g/mol. The minimum absolute atomic E-state index is 0.0320. The summed E-state index contributed by atoms with van der Waals surface area (Å²) in [5.74, 6) is 0. The van der Waals surface area contributed by atoms with E-state index >= 15 is 0 Å². The van der Waals surface area contributed by atoms with E-state index in [2.05, 4.69) is 67.6 Å². The van der Waals surface area contributed by atoms with E-state index in [1.165, 1.54) is 33.0 Å². The van der Waals surface area contributed by atoms with Gasteiger partial charge in [-0.3, -0.25) is 0 Å². The Morgan fingerprint density at radius 3 is 2.35 bits per heavy atom. The third-order valence-corrected chi connectivity index (χ3v) is 3.86. The van der Waals surface area contributed by atoms with Gasteiger partial charge in [0.15, 0.2) is 0 Å². The zero-order valence-corrected chi connectivity index (χ0v) is 11.9. The van der Waals surface area contributed by atoms with Crippen LogP contribution in [0.3, 0.4) is 0 Å². The van der Waals surface area contributed by atoms with Crippen LogP contribution >= 0.6 is 0 Å². The Hall–Kier alpha value is -2.12. The van der Waals surface area contributed by atoms with Gasteiger partial charge in [-0.2, -0.15) is 0 Å². The van der Waals surface area contributed by atoms with Crippen LogP contribution in [-0.4, -0.2) is 0 Å². The van der Waals surface area contributed by atoms with Gasteiger partial charge < -0.3 is 5.73 Å². The van der Waals surface area contributed by atoms with Crippen molar-refractivity contribution in [3.8, 4) is 11.1 Å². The largest absolute Gasteiger partial charge is 0.324 e. The van der Waals surface area contributed by atoms with Gasteiger partial charge in [0.25, 0.3) is 0 Å². The Bertz CT molecular complexity index is 757. The van der Waals surface area contributed by atoms with E-state index in [9.17, 15) is 0 Å². The van der Waals surface area contributed by atoms with Crippen LogP contribution in [0.5, 0.6) is 0 Å². The Kier molecular flexibility index (Phi) is 3.29. The monoisotopic (exact) mass is 261 g/mol. The maximum Gasteiger partial charge on any atom is 0.0272 e. The normalized spacial score (nSPS) is 12.6. The first-order chi connectivity index (χ1) is 9.68. The van der Waals surface area contributed by atoms with Crippen LogP contribution in [0.1, 0.15) is 24.1 Å². The zero-order valence-electron chi connectivity index (χ0n) is 11.9. The number of hydrogen-bond donors (Lipinski definition) is 1. The Balaban J connectivity index is 2.38. The van der Waals surface area contributed by atoms with E-state index in [4.69, 9.17) is 5.73 Å². The summed E-state index contributed by atoms with van der Waals surface area (Å²) in [7, 11) is 0. The van der Waals surface area contributed by atoms with Crippen molar-refractivity contribution < 1.29 is 0 Å². The average molecular weight is 261 g/mol. The van der Waals surface area contributed by atoms with Gasteiger partial charge in [-0.15, -0.1) is 0 Å². The van der Waals surface area contributed by atoms with E-state index < -0.39 is 0 Å². The van der Waals surface area contributed by atoms with Crippen molar-refractivity contribution in [3.05, 3.63) is 71.8 Å². The highest BCUT2D eigenvalue weighted by molar-refractivity contribution is 5.99. The smallest absolute Gasteiger partial charge is 0.0272 e. The Morgan fingerprint density at radius 1 is 0.850 bits per heavy atom. The maximum absolute atomic E-state index is 6.15. The van der Waals surface area contributed by atoms with Gasteiger partial charge >= 0.3 is 0 Å². The molecule has 0 amide bonds. The highest BCUT2D eigenvalue weighted by atomic mass is 14.6. The summed E-state index contributed by atoms with van der Waals surface area (Å²) in [5, 5.41) is 2.56. The van der Waals surface area contributed by atoms with Crippen molar-refractivity contribution in [2.75, 3.05) is 0 Å². The molecule has 0 bridgehead atoms. The van der Waals surface area contributed by atoms with Crippen LogP contribution in [0.25, 0.3) is 21.9 Å². The lowest BCUT2D eigenvalue weighted by atomic mass is 9.89. The summed E-state index contributed by atoms with van der Waals surface area (Å²) in [5.41, 5.74) is 11.2. The lowest BCUT2D eigenvalue weighted by Gasteiger charge is -2.17. The van der Waals surface area contributed by atoms with E-state index in [-0.39, 0.29) is 6.04 Å². The quantitative estimate of drug-likeness (QED) is 0.702. The Labute approximate surface area is 120 Å². The minimum Gasteiger partial charge on any atom is -0.324 e. The van der Waals surface area contributed by atoms with Gasteiger partial charge in [0.2, 0.25) is 0 Å². The molecule has 1 heteroatoms. The molecule has 1 nitrogen and oxygen atoms in total.